The van der Waals surface area contributed by atoms with Crippen molar-refractivity contribution in [1.29, 1.82) is 0 Å². The zero-order chi connectivity index (χ0) is 11.3. The van der Waals surface area contributed by atoms with E-state index in [1.165, 1.54) is 0 Å². The first-order chi connectivity index (χ1) is 7.07. The molecule has 0 aliphatic carbocycles. The van der Waals surface area contributed by atoms with E-state index in [9.17, 15) is 0 Å². The maximum atomic E-state index is 8.92. The fourth-order valence-corrected chi connectivity index (χ4v) is 1.38. The normalized spacial score (nSPS) is 11.2. The van der Waals surface area contributed by atoms with Crippen LogP contribution in [0.25, 0.3) is 0 Å². The third-order valence-corrected chi connectivity index (χ3v) is 2.24. The number of hydrogen-bond acceptors (Lipinski definition) is 4. The van der Waals surface area contributed by atoms with Crippen molar-refractivity contribution in [3.05, 3.63) is 18.3 Å². The summed E-state index contributed by atoms with van der Waals surface area (Å²) in [6.45, 7) is 4.30. The van der Waals surface area contributed by atoms with Gasteiger partial charge < -0.3 is 15.7 Å². The fourth-order valence-electron chi connectivity index (χ4n) is 1.38. The Kier molecular flexibility index (Phi) is 3.91. The van der Waals surface area contributed by atoms with Crippen molar-refractivity contribution in [2.45, 2.75) is 25.8 Å². The summed E-state index contributed by atoms with van der Waals surface area (Å²) in [5.41, 5.74) is 0.897. The van der Waals surface area contributed by atoms with Crippen LogP contribution in [0.2, 0.25) is 0 Å². The molecule has 84 valence electrons. The molecule has 0 amide bonds. The largest absolute Gasteiger partial charge is 0.396 e. The maximum absolute atomic E-state index is 8.92. The number of nitrogens with zero attached hydrogens (tertiary/aromatic N) is 1. The Morgan fingerprint density at radius 1 is 1.47 bits per heavy atom. The summed E-state index contributed by atoms with van der Waals surface area (Å²) in [6, 6.07) is 3.86. The Hall–Kier alpha value is -1.29. The minimum atomic E-state index is -0.110. The van der Waals surface area contributed by atoms with Crippen LogP contribution in [0.3, 0.4) is 0 Å². The summed E-state index contributed by atoms with van der Waals surface area (Å²) in [5, 5.41) is 15.3. The number of pyridine rings is 1. The third-order valence-electron chi connectivity index (χ3n) is 2.24. The molecule has 0 saturated carbocycles. The quantitative estimate of drug-likeness (QED) is 0.691. The van der Waals surface area contributed by atoms with Gasteiger partial charge in [0, 0.05) is 37.1 Å². The molecule has 0 aliphatic heterocycles. The van der Waals surface area contributed by atoms with Crippen LogP contribution in [-0.4, -0.2) is 29.3 Å². The van der Waals surface area contributed by atoms with E-state index >= 15 is 0 Å². The molecule has 0 fully saturated rings. The zero-order valence-electron chi connectivity index (χ0n) is 9.54. The van der Waals surface area contributed by atoms with Gasteiger partial charge in [0.15, 0.2) is 0 Å². The highest BCUT2D eigenvalue weighted by Gasteiger charge is 2.16. The fraction of sp³-hybridized carbons (Fsp3) is 0.545. The number of aromatic nitrogens is 1. The summed E-state index contributed by atoms with van der Waals surface area (Å²) in [6.07, 6.45) is 2.47. The van der Waals surface area contributed by atoms with Crippen molar-refractivity contribution in [1.82, 2.24) is 4.98 Å². The van der Waals surface area contributed by atoms with E-state index in [1.807, 2.05) is 19.2 Å². The van der Waals surface area contributed by atoms with Crippen LogP contribution < -0.4 is 10.6 Å². The maximum Gasteiger partial charge on any atom is 0.127 e. The predicted octanol–water partition coefficient (Wildman–Crippen LogP) is 1.70. The van der Waals surface area contributed by atoms with Gasteiger partial charge in [-0.2, -0.15) is 0 Å². The monoisotopic (exact) mass is 209 g/mol. The zero-order valence-corrected chi connectivity index (χ0v) is 9.54. The average Bonchev–Trinajstić information content (AvgIpc) is 2.17. The van der Waals surface area contributed by atoms with Crippen molar-refractivity contribution in [3.63, 3.8) is 0 Å². The highest BCUT2D eigenvalue weighted by atomic mass is 16.3. The van der Waals surface area contributed by atoms with Crippen LogP contribution in [0, 0.1) is 0 Å². The molecule has 0 unspecified atom stereocenters. The van der Waals surface area contributed by atoms with Crippen molar-refractivity contribution in [3.8, 4) is 0 Å². The van der Waals surface area contributed by atoms with Crippen LogP contribution in [0.15, 0.2) is 18.3 Å². The van der Waals surface area contributed by atoms with Gasteiger partial charge >= 0.3 is 0 Å². The van der Waals surface area contributed by atoms with Gasteiger partial charge in [0.05, 0.1) is 0 Å². The van der Waals surface area contributed by atoms with Gasteiger partial charge in [-0.15, -0.1) is 0 Å². The van der Waals surface area contributed by atoms with Crippen LogP contribution >= 0.6 is 0 Å². The van der Waals surface area contributed by atoms with Gasteiger partial charge in [-0.05, 0) is 26.3 Å². The van der Waals surface area contributed by atoms with E-state index in [1.54, 1.807) is 6.20 Å². The number of hydrogen-bond donors (Lipinski definition) is 3. The van der Waals surface area contributed by atoms with E-state index in [0.717, 1.165) is 11.5 Å². The van der Waals surface area contributed by atoms with E-state index < -0.39 is 0 Å². The number of aliphatic hydroxyl groups is 1. The summed E-state index contributed by atoms with van der Waals surface area (Å²) in [4.78, 5) is 4.13. The van der Waals surface area contributed by atoms with E-state index in [-0.39, 0.29) is 12.1 Å². The second kappa shape index (κ2) is 4.98. The first kappa shape index (κ1) is 11.8. The molecule has 0 atom stereocenters. The highest BCUT2D eigenvalue weighted by molar-refractivity contribution is 5.52. The standard InChI is InChI=1S/C11H19N3O/c1-11(2,5-7-15)14-9-4-6-13-10(8-9)12-3/h4,6,8,15H,5,7H2,1-3H3,(H2,12,13,14). The second-order valence-electron chi connectivity index (χ2n) is 4.16. The summed E-state index contributed by atoms with van der Waals surface area (Å²) < 4.78 is 0. The van der Waals surface area contributed by atoms with E-state index in [2.05, 4.69) is 29.5 Å². The van der Waals surface area contributed by atoms with Gasteiger partial charge in [-0.25, -0.2) is 4.98 Å². The lowest BCUT2D eigenvalue weighted by atomic mass is 10.0. The Morgan fingerprint density at radius 2 is 2.20 bits per heavy atom. The Bertz CT molecular complexity index is 312. The number of anilines is 2. The topological polar surface area (TPSA) is 57.2 Å². The minimum absolute atomic E-state index is 0.110. The molecule has 1 rings (SSSR count). The van der Waals surface area contributed by atoms with Crippen molar-refractivity contribution < 1.29 is 5.11 Å². The molecule has 15 heavy (non-hydrogen) atoms. The van der Waals surface area contributed by atoms with Crippen molar-refractivity contribution >= 4 is 11.5 Å². The highest BCUT2D eigenvalue weighted by Crippen LogP contribution is 2.19. The lowest BCUT2D eigenvalue weighted by molar-refractivity contribution is 0.261. The SMILES string of the molecule is CNc1cc(NC(C)(C)CCO)ccn1. The summed E-state index contributed by atoms with van der Waals surface area (Å²) >= 11 is 0. The first-order valence-corrected chi connectivity index (χ1v) is 5.10. The lowest BCUT2D eigenvalue weighted by Gasteiger charge is -2.26. The molecule has 3 N–H and O–H groups in total. The molecular formula is C11H19N3O. The first-order valence-electron chi connectivity index (χ1n) is 5.10. The molecule has 0 spiro atoms. The molecule has 1 aromatic heterocycles. The van der Waals surface area contributed by atoms with Gasteiger partial charge in [0.25, 0.3) is 0 Å². The molecule has 1 heterocycles. The van der Waals surface area contributed by atoms with Crippen LogP contribution in [0.4, 0.5) is 11.5 Å². The van der Waals surface area contributed by atoms with Crippen LogP contribution in [-0.2, 0) is 0 Å². The van der Waals surface area contributed by atoms with E-state index in [4.69, 9.17) is 5.11 Å². The van der Waals surface area contributed by atoms with Gasteiger partial charge in [0.2, 0.25) is 0 Å². The average molecular weight is 209 g/mol. The Labute approximate surface area is 90.7 Å². The molecule has 1 aromatic rings. The van der Waals surface area contributed by atoms with Crippen LogP contribution in [0.5, 0.6) is 0 Å². The van der Waals surface area contributed by atoms with Crippen molar-refractivity contribution in [2.75, 3.05) is 24.3 Å². The second-order valence-corrected chi connectivity index (χ2v) is 4.16. The molecule has 0 radical (unpaired) electrons. The predicted molar refractivity (Wildman–Crippen MR) is 63.2 cm³/mol. The molecule has 0 aliphatic rings. The van der Waals surface area contributed by atoms with Gasteiger partial charge in [-0.1, -0.05) is 0 Å². The molecule has 0 saturated heterocycles. The van der Waals surface area contributed by atoms with Crippen LogP contribution in [0.1, 0.15) is 20.3 Å². The van der Waals surface area contributed by atoms with Gasteiger partial charge in [-0.3, -0.25) is 0 Å². The number of rotatable bonds is 5. The van der Waals surface area contributed by atoms with Crippen molar-refractivity contribution in [2.24, 2.45) is 0 Å². The minimum Gasteiger partial charge on any atom is -0.396 e. The molecule has 4 nitrogen and oxygen atoms in total. The molecule has 4 heteroatoms. The lowest BCUT2D eigenvalue weighted by Crippen LogP contribution is -2.31. The Balaban J connectivity index is 2.71. The number of nitrogens with one attached hydrogen (secondary N) is 2. The Morgan fingerprint density at radius 3 is 2.80 bits per heavy atom. The molecule has 0 aromatic carbocycles. The smallest absolute Gasteiger partial charge is 0.127 e. The molecular weight excluding hydrogens is 190 g/mol. The number of aliphatic hydroxyl groups excluding tert-OH is 1. The summed E-state index contributed by atoms with van der Waals surface area (Å²) in [5.74, 6) is 0.833. The van der Waals surface area contributed by atoms with E-state index in [0.29, 0.717) is 6.42 Å². The third kappa shape index (κ3) is 3.75. The molecule has 0 bridgehead atoms. The van der Waals surface area contributed by atoms with Gasteiger partial charge in [0.1, 0.15) is 5.82 Å². The summed E-state index contributed by atoms with van der Waals surface area (Å²) in [7, 11) is 1.84.